The van der Waals surface area contributed by atoms with Gasteiger partial charge in [0.05, 0.1) is 26.2 Å². The van der Waals surface area contributed by atoms with Crippen LogP contribution < -0.4 is 0 Å². The van der Waals surface area contributed by atoms with Crippen molar-refractivity contribution in [3.05, 3.63) is 0 Å². The van der Waals surface area contributed by atoms with Crippen molar-refractivity contribution in [1.82, 2.24) is 4.90 Å². The van der Waals surface area contributed by atoms with E-state index in [0.29, 0.717) is 13.2 Å². The van der Waals surface area contributed by atoms with Gasteiger partial charge < -0.3 is 19.5 Å². The summed E-state index contributed by atoms with van der Waals surface area (Å²) in [5, 5.41) is 8.64. The van der Waals surface area contributed by atoms with E-state index in [1.165, 1.54) is 4.90 Å². The summed E-state index contributed by atoms with van der Waals surface area (Å²) in [5.74, 6) is -1.11. The highest BCUT2D eigenvalue weighted by molar-refractivity contribution is 5.82. The van der Waals surface area contributed by atoms with Crippen molar-refractivity contribution in [3.63, 3.8) is 0 Å². The molecule has 1 N–H and O–H groups in total. The second-order valence-corrected chi connectivity index (χ2v) is 4.20. The number of rotatable bonds is 5. The lowest BCUT2D eigenvalue weighted by molar-refractivity contribution is -0.160. The minimum Gasteiger partial charge on any atom is -0.481 e. The van der Waals surface area contributed by atoms with Gasteiger partial charge in [-0.2, -0.15) is 0 Å². The van der Waals surface area contributed by atoms with Crippen molar-refractivity contribution in [2.45, 2.75) is 32.4 Å². The molecule has 0 bridgehead atoms. The molecular weight excluding hydrogens is 226 g/mol. The van der Waals surface area contributed by atoms with Gasteiger partial charge in [-0.15, -0.1) is 0 Å². The van der Waals surface area contributed by atoms with Crippen LogP contribution in [0.4, 0.5) is 0 Å². The molecule has 1 unspecified atom stereocenters. The van der Waals surface area contributed by atoms with Gasteiger partial charge in [0, 0.05) is 12.6 Å². The van der Waals surface area contributed by atoms with Gasteiger partial charge in [0.1, 0.15) is 0 Å². The van der Waals surface area contributed by atoms with E-state index >= 15 is 0 Å². The smallest absolute Gasteiger partial charge is 0.305 e. The Morgan fingerprint density at radius 3 is 2.59 bits per heavy atom. The fraction of sp³-hybridized carbons (Fsp3) is 0.818. The Morgan fingerprint density at radius 1 is 1.41 bits per heavy atom. The maximum Gasteiger partial charge on any atom is 0.305 e. The third-order valence-electron chi connectivity index (χ3n) is 2.56. The Labute approximate surface area is 100 Å². The third-order valence-corrected chi connectivity index (χ3v) is 2.56. The second-order valence-electron chi connectivity index (χ2n) is 4.20. The molecule has 1 rings (SSSR count). The number of nitrogens with zero attached hydrogens (tertiary/aromatic N) is 1. The summed E-state index contributed by atoms with van der Waals surface area (Å²) in [6, 6.07) is -0.0487. The molecule has 1 aliphatic rings. The van der Waals surface area contributed by atoms with Gasteiger partial charge >= 0.3 is 5.97 Å². The SMILES string of the molecule is CC(C)N(CCC(=O)O)C(=O)C1COCCO1. The van der Waals surface area contributed by atoms with Crippen molar-refractivity contribution >= 4 is 11.9 Å². The quantitative estimate of drug-likeness (QED) is 0.744. The Balaban J connectivity index is 2.55. The molecule has 0 saturated carbocycles. The van der Waals surface area contributed by atoms with E-state index in [2.05, 4.69) is 0 Å². The number of amides is 1. The molecule has 1 aliphatic heterocycles. The first-order valence-corrected chi connectivity index (χ1v) is 5.74. The normalized spacial score (nSPS) is 20.3. The molecule has 98 valence electrons. The molecule has 6 heteroatoms. The maximum absolute atomic E-state index is 12.1. The highest BCUT2D eigenvalue weighted by Crippen LogP contribution is 2.09. The summed E-state index contributed by atoms with van der Waals surface area (Å²) in [7, 11) is 0. The summed E-state index contributed by atoms with van der Waals surface area (Å²) >= 11 is 0. The first-order chi connectivity index (χ1) is 8.02. The topological polar surface area (TPSA) is 76.1 Å². The van der Waals surface area contributed by atoms with Crippen LogP contribution in [0.3, 0.4) is 0 Å². The average Bonchev–Trinajstić information content (AvgIpc) is 2.29. The maximum atomic E-state index is 12.1. The van der Waals surface area contributed by atoms with Crippen LogP contribution in [0.15, 0.2) is 0 Å². The van der Waals surface area contributed by atoms with Gasteiger partial charge in [-0.1, -0.05) is 0 Å². The van der Waals surface area contributed by atoms with Crippen LogP contribution in [0.25, 0.3) is 0 Å². The van der Waals surface area contributed by atoms with Crippen LogP contribution in [-0.4, -0.2) is 60.4 Å². The van der Waals surface area contributed by atoms with Crippen LogP contribution >= 0.6 is 0 Å². The molecule has 0 aromatic carbocycles. The minimum atomic E-state index is -0.913. The molecule has 1 atom stereocenters. The number of hydrogen-bond acceptors (Lipinski definition) is 4. The predicted molar refractivity (Wildman–Crippen MR) is 59.7 cm³/mol. The standard InChI is InChI=1S/C11H19NO5/c1-8(2)12(4-3-10(13)14)11(15)9-7-16-5-6-17-9/h8-9H,3-7H2,1-2H3,(H,13,14). The lowest BCUT2D eigenvalue weighted by Gasteiger charge is -2.31. The van der Waals surface area contributed by atoms with Crippen molar-refractivity contribution < 1.29 is 24.2 Å². The largest absolute Gasteiger partial charge is 0.481 e. The Hall–Kier alpha value is -1.14. The van der Waals surface area contributed by atoms with E-state index in [0.717, 1.165) is 0 Å². The van der Waals surface area contributed by atoms with E-state index in [1.54, 1.807) is 0 Å². The highest BCUT2D eigenvalue weighted by Gasteiger charge is 2.29. The summed E-state index contributed by atoms with van der Waals surface area (Å²) in [6.45, 7) is 5.05. The summed E-state index contributed by atoms with van der Waals surface area (Å²) in [4.78, 5) is 24.1. The molecule has 0 radical (unpaired) electrons. The molecule has 0 aromatic rings. The third kappa shape index (κ3) is 4.32. The molecule has 0 aromatic heterocycles. The zero-order valence-corrected chi connectivity index (χ0v) is 10.2. The number of carbonyl (C=O) groups is 2. The van der Waals surface area contributed by atoms with Crippen LogP contribution in [0, 0.1) is 0 Å². The first-order valence-electron chi connectivity index (χ1n) is 5.74. The summed E-state index contributed by atoms with van der Waals surface area (Å²) in [5.41, 5.74) is 0. The van der Waals surface area contributed by atoms with Crippen molar-refractivity contribution in [3.8, 4) is 0 Å². The van der Waals surface area contributed by atoms with Gasteiger partial charge in [0.25, 0.3) is 5.91 Å². The van der Waals surface area contributed by atoms with E-state index in [-0.39, 0.29) is 31.5 Å². The van der Waals surface area contributed by atoms with Crippen molar-refractivity contribution in [1.29, 1.82) is 0 Å². The lowest BCUT2D eigenvalue weighted by Crippen LogP contribution is -2.48. The van der Waals surface area contributed by atoms with Crippen molar-refractivity contribution in [2.24, 2.45) is 0 Å². The number of aliphatic carboxylic acids is 1. The van der Waals surface area contributed by atoms with Crippen LogP contribution in [0.5, 0.6) is 0 Å². The fourth-order valence-electron chi connectivity index (χ4n) is 1.65. The van der Waals surface area contributed by atoms with E-state index in [1.807, 2.05) is 13.8 Å². The van der Waals surface area contributed by atoms with Gasteiger partial charge in [0.15, 0.2) is 6.10 Å². The number of hydrogen-bond donors (Lipinski definition) is 1. The van der Waals surface area contributed by atoms with Crippen molar-refractivity contribution in [2.75, 3.05) is 26.4 Å². The lowest BCUT2D eigenvalue weighted by atomic mass is 10.2. The van der Waals surface area contributed by atoms with E-state index in [9.17, 15) is 9.59 Å². The molecular formula is C11H19NO5. The molecule has 0 aliphatic carbocycles. The molecule has 1 heterocycles. The second kappa shape index (κ2) is 6.56. The van der Waals surface area contributed by atoms with Crippen LogP contribution in [-0.2, 0) is 19.1 Å². The van der Waals surface area contributed by atoms with Gasteiger partial charge in [-0.05, 0) is 13.8 Å². The average molecular weight is 245 g/mol. The Morgan fingerprint density at radius 2 is 2.12 bits per heavy atom. The number of carbonyl (C=O) groups excluding carboxylic acids is 1. The molecule has 0 spiro atoms. The number of carboxylic acids is 1. The minimum absolute atomic E-state index is 0.0487. The first kappa shape index (κ1) is 13.9. The predicted octanol–water partition coefficient (Wildman–Crippen LogP) is 0.114. The van der Waals surface area contributed by atoms with E-state index in [4.69, 9.17) is 14.6 Å². The van der Waals surface area contributed by atoms with Gasteiger partial charge in [-0.25, -0.2) is 0 Å². The molecule has 1 saturated heterocycles. The molecule has 6 nitrogen and oxygen atoms in total. The Bertz CT molecular complexity index is 273. The zero-order valence-electron chi connectivity index (χ0n) is 10.2. The van der Waals surface area contributed by atoms with Gasteiger partial charge in [-0.3, -0.25) is 9.59 Å². The van der Waals surface area contributed by atoms with Gasteiger partial charge in [0.2, 0.25) is 0 Å². The number of carboxylic acid groups (broad SMARTS) is 1. The zero-order chi connectivity index (χ0) is 12.8. The Kier molecular flexibility index (Phi) is 5.37. The van der Waals surface area contributed by atoms with Crippen LogP contribution in [0.2, 0.25) is 0 Å². The van der Waals surface area contributed by atoms with E-state index < -0.39 is 12.1 Å². The fourth-order valence-corrected chi connectivity index (χ4v) is 1.65. The monoisotopic (exact) mass is 245 g/mol. The highest BCUT2D eigenvalue weighted by atomic mass is 16.6. The number of ether oxygens (including phenoxy) is 2. The van der Waals surface area contributed by atoms with Crippen LogP contribution in [0.1, 0.15) is 20.3 Å². The molecule has 1 fully saturated rings. The molecule has 17 heavy (non-hydrogen) atoms. The summed E-state index contributed by atoms with van der Waals surface area (Å²) < 4.78 is 10.5. The molecule has 1 amide bonds. The summed E-state index contributed by atoms with van der Waals surface area (Å²) in [6.07, 6.45) is -0.655.